The van der Waals surface area contributed by atoms with E-state index in [4.69, 9.17) is 11.6 Å². The molecule has 1 atom stereocenters. The molecule has 1 unspecified atom stereocenters. The van der Waals surface area contributed by atoms with Crippen molar-refractivity contribution in [2.75, 3.05) is 33.2 Å². The topological polar surface area (TPSA) is 35.6 Å². The maximum atomic E-state index is 12.9. The van der Waals surface area contributed by atoms with Gasteiger partial charge in [-0.3, -0.25) is 9.69 Å². The number of hydrogen-bond acceptors (Lipinski definition) is 3. The molecule has 0 aliphatic carbocycles. The maximum absolute atomic E-state index is 12.9. The number of amides is 1. The third-order valence-corrected chi connectivity index (χ3v) is 4.87. The van der Waals surface area contributed by atoms with Crippen molar-refractivity contribution in [2.24, 2.45) is 0 Å². The number of benzene rings is 2. The van der Waals surface area contributed by atoms with Crippen LogP contribution in [0.2, 0.25) is 5.02 Å². The van der Waals surface area contributed by atoms with Crippen LogP contribution in [0.1, 0.15) is 17.2 Å². The second kappa shape index (κ2) is 11.5. The van der Waals surface area contributed by atoms with Crippen molar-refractivity contribution in [1.82, 2.24) is 15.1 Å². The van der Waals surface area contributed by atoms with E-state index >= 15 is 0 Å². The molecule has 0 saturated carbocycles. The molecule has 1 N–H and O–H groups in total. The van der Waals surface area contributed by atoms with Gasteiger partial charge in [0.2, 0.25) is 5.91 Å². The van der Waals surface area contributed by atoms with Gasteiger partial charge < -0.3 is 10.2 Å². The lowest BCUT2D eigenvalue weighted by atomic mass is 10.0. The number of rotatable bonds is 5. The van der Waals surface area contributed by atoms with Crippen molar-refractivity contribution in [3.05, 3.63) is 70.7 Å². The van der Waals surface area contributed by atoms with Gasteiger partial charge in [-0.15, -0.1) is 24.8 Å². The van der Waals surface area contributed by atoms with Crippen LogP contribution in [0.3, 0.4) is 0 Å². The lowest BCUT2D eigenvalue weighted by molar-refractivity contribution is -0.135. The molecular formula is C20H26Cl3N3O. The van der Waals surface area contributed by atoms with Gasteiger partial charge >= 0.3 is 0 Å². The van der Waals surface area contributed by atoms with Gasteiger partial charge in [0.15, 0.2) is 0 Å². The summed E-state index contributed by atoms with van der Waals surface area (Å²) >= 11 is 6.36. The summed E-state index contributed by atoms with van der Waals surface area (Å²) in [7, 11) is 1.98. The second-order valence-electron chi connectivity index (χ2n) is 6.49. The van der Waals surface area contributed by atoms with Gasteiger partial charge in [0.1, 0.15) is 0 Å². The molecule has 1 amide bonds. The maximum Gasteiger partial charge on any atom is 0.237 e. The average Bonchev–Trinajstić information content (AvgIpc) is 2.63. The Morgan fingerprint density at radius 2 is 1.81 bits per heavy atom. The summed E-state index contributed by atoms with van der Waals surface area (Å²) in [6, 6.07) is 18.0. The molecule has 148 valence electrons. The molecule has 2 aromatic rings. The van der Waals surface area contributed by atoms with Crippen LogP contribution in [0.15, 0.2) is 54.6 Å². The van der Waals surface area contributed by atoms with Crippen LogP contribution in [-0.4, -0.2) is 48.9 Å². The first-order valence-electron chi connectivity index (χ1n) is 8.62. The first kappa shape index (κ1) is 23.7. The van der Waals surface area contributed by atoms with E-state index in [1.165, 1.54) is 5.56 Å². The Morgan fingerprint density at radius 3 is 2.52 bits per heavy atom. The van der Waals surface area contributed by atoms with Gasteiger partial charge in [-0.25, -0.2) is 0 Å². The van der Waals surface area contributed by atoms with Gasteiger partial charge in [0, 0.05) is 31.2 Å². The molecular weight excluding hydrogens is 405 g/mol. The summed E-state index contributed by atoms with van der Waals surface area (Å²) in [6.45, 7) is 3.41. The van der Waals surface area contributed by atoms with E-state index in [1.54, 1.807) is 0 Å². The molecule has 1 saturated heterocycles. The standard InChI is InChI=1S/C20H24ClN3O.2ClH/c1-23(14-16-7-3-2-4-8-16)15-20(25)24-12-11-22-13-19(24)17-9-5-6-10-18(17)21;;/h2-10,19,22H,11-15H2,1H3;2*1H. The summed E-state index contributed by atoms with van der Waals surface area (Å²) < 4.78 is 0. The zero-order valence-corrected chi connectivity index (χ0v) is 17.7. The third kappa shape index (κ3) is 6.37. The fourth-order valence-electron chi connectivity index (χ4n) is 3.30. The van der Waals surface area contributed by atoms with Gasteiger partial charge in [-0.2, -0.15) is 0 Å². The number of carbonyl (C=O) groups excluding carboxylic acids is 1. The minimum absolute atomic E-state index is 0. The Morgan fingerprint density at radius 1 is 1.15 bits per heavy atom. The number of halogens is 3. The zero-order chi connectivity index (χ0) is 17.6. The molecule has 0 radical (unpaired) electrons. The minimum atomic E-state index is -0.0138. The Hall–Kier alpha value is -1.30. The first-order valence-corrected chi connectivity index (χ1v) is 9.00. The lowest BCUT2D eigenvalue weighted by Gasteiger charge is -2.37. The highest BCUT2D eigenvalue weighted by atomic mass is 35.5. The highest BCUT2D eigenvalue weighted by Crippen LogP contribution is 2.28. The van der Waals surface area contributed by atoms with Crippen molar-refractivity contribution in [2.45, 2.75) is 12.6 Å². The molecule has 0 aromatic heterocycles. The predicted molar refractivity (Wildman–Crippen MR) is 116 cm³/mol. The smallest absolute Gasteiger partial charge is 0.237 e. The summed E-state index contributed by atoms with van der Waals surface area (Å²) in [5, 5.41) is 4.09. The average molecular weight is 431 g/mol. The molecule has 27 heavy (non-hydrogen) atoms. The first-order chi connectivity index (χ1) is 12.1. The molecule has 0 spiro atoms. The predicted octanol–water partition coefficient (Wildman–Crippen LogP) is 3.79. The van der Waals surface area contributed by atoms with Crippen molar-refractivity contribution in [3.63, 3.8) is 0 Å². The summed E-state index contributed by atoms with van der Waals surface area (Å²) in [6.07, 6.45) is 0. The fraction of sp³-hybridized carbons (Fsp3) is 0.350. The largest absolute Gasteiger partial charge is 0.332 e. The second-order valence-corrected chi connectivity index (χ2v) is 6.89. The third-order valence-electron chi connectivity index (χ3n) is 4.53. The Balaban J connectivity index is 0.00000182. The van der Waals surface area contributed by atoms with Gasteiger partial charge in [0.25, 0.3) is 0 Å². The van der Waals surface area contributed by atoms with E-state index in [9.17, 15) is 4.79 Å². The molecule has 1 heterocycles. The summed E-state index contributed by atoms with van der Waals surface area (Å²) in [5.74, 6) is 0.143. The molecule has 0 bridgehead atoms. The Kier molecular flexibility index (Phi) is 10.1. The number of piperazine rings is 1. The lowest BCUT2D eigenvalue weighted by Crippen LogP contribution is -2.51. The molecule has 1 aliphatic heterocycles. The van der Waals surface area contributed by atoms with Crippen molar-refractivity contribution >= 4 is 42.3 Å². The Labute approximate surface area is 178 Å². The van der Waals surface area contributed by atoms with E-state index in [0.29, 0.717) is 18.1 Å². The van der Waals surface area contributed by atoms with Crippen LogP contribution >= 0.6 is 36.4 Å². The van der Waals surface area contributed by atoms with Crippen LogP contribution in [0, 0.1) is 0 Å². The molecule has 2 aromatic carbocycles. The number of nitrogens with one attached hydrogen (secondary N) is 1. The molecule has 1 aliphatic rings. The zero-order valence-electron chi connectivity index (χ0n) is 15.3. The number of nitrogens with zero attached hydrogens (tertiary/aromatic N) is 2. The monoisotopic (exact) mass is 429 g/mol. The van der Waals surface area contributed by atoms with Crippen LogP contribution in [0.25, 0.3) is 0 Å². The molecule has 1 fully saturated rings. The number of likely N-dealkylation sites (N-methyl/N-ethyl adjacent to an activating group) is 1. The minimum Gasteiger partial charge on any atom is -0.332 e. The summed E-state index contributed by atoms with van der Waals surface area (Å²) in [4.78, 5) is 16.9. The van der Waals surface area contributed by atoms with E-state index in [2.05, 4.69) is 22.3 Å². The van der Waals surface area contributed by atoms with Crippen molar-refractivity contribution < 1.29 is 4.79 Å². The van der Waals surface area contributed by atoms with E-state index in [0.717, 1.165) is 25.2 Å². The van der Waals surface area contributed by atoms with Crippen LogP contribution < -0.4 is 5.32 Å². The van der Waals surface area contributed by atoms with Crippen LogP contribution in [0.5, 0.6) is 0 Å². The highest BCUT2D eigenvalue weighted by molar-refractivity contribution is 6.31. The van der Waals surface area contributed by atoms with Crippen molar-refractivity contribution in [1.29, 1.82) is 0 Å². The molecule has 7 heteroatoms. The number of hydrogen-bond donors (Lipinski definition) is 1. The van der Waals surface area contributed by atoms with E-state index in [1.807, 2.05) is 54.4 Å². The number of carbonyl (C=O) groups is 1. The highest BCUT2D eigenvalue weighted by Gasteiger charge is 2.29. The van der Waals surface area contributed by atoms with Crippen molar-refractivity contribution in [3.8, 4) is 0 Å². The summed E-state index contributed by atoms with van der Waals surface area (Å²) in [5.41, 5.74) is 2.22. The van der Waals surface area contributed by atoms with Crippen LogP contribution in [0.4, 0.5) is 0 Å². The van der Waals surface area contributed by atoms with E-state index in [-0.39, 0.29) is 36.8 Å². The molecule has 4 nitrogen and oxygen atoms in total. The SMILES string of the molecule is CN(CC(=O)N1CCNCC1c1ccccc1Cl)Cc1ccccc1.Cl.Cl. The van der Waals surface area contributed by atoms with Gasteiger partial charge in [-0.05, 0) is 24.2 Å². The quantitative estimate of drug-likeness (QED) is 0.784. The fourth-order valence-corrected chi connectivity index (χ4v) is 3.56. The Bertz CT molecular complexity index is 715. The van der Waals surface area contributed by atoms with E-state index < -0.39 is 0 Å². The molecule has 3 rings (SSSR count). The van der Waals surface area contributed by atoms with Gasteiger partial charge in [-0.1, -0.05) is 60.1 Å². The van der Waals surface area contributed by atoms with Crippen LogP contribution in [-0.2, 0) is 11.3 Å². The van der Waals surface area contributed by atoms with Gasteiger partial charge in [0.05, 0.1) is 12.6 Å². The normalized spacial score (nSPS) is 16.4.